The molecule has 0 aliphatic rings. The van der Waals surface area contributed by atoms with Gasteiger partial charge in [-0.15, -0.1) is 0 Å². The van der Waals surface area contributed by atoms with Crippen molar-refractivity contribution in [2.45, 2.75) is 6.18 Å². The topological polar surface area (TPSA) is 94.9 Å². The van der Waals surface area contributed by atoms with E-state index >= 15 is 0 Å². The van der Waals surface area contributed by atoms with Gasteiger partial charge in [-0.25, -0.2) is 10.5 Å². The standard InChI is InChI=1S/C16H13F3N4O3/c1-23(15(25)13-12(16(17,18)19)3-2-8-20-13)21-9-10-4-6-11(7-5-10)14(24)22-26/h2-9,26H,1H3,(H,22,24). The molecule has 26 heavy (non-hydrogen) atoms. The second-order valence-electron chi connectivity index (χ2n) is 5.03. The van der Waals surface area contributed by atoms with Gasteiger partial charge < -0.3 is 0 Å². The molecular formula is C16H13F3N4O3. The second kappa shape index (κ2) is 7.74. The van der Waals surface area contributed by atoms with Crippen LogP contribution in [0, 0.1) is 0 Å². The molecule has 0 radical (unpaired) electrons. The number of carbonyl (C=O) groups is 2. The highest BCUT2D eigenvalue weighted by molar-refractivity contribution is 5.95. The lowest BCUT2D eigenvalue weighted by atomic mass is 10.1. The number of nitrogens with one attached hydrogen (secondary N) is 1. The molecule has 2 aromatic rings. The number of rotatable bonds is 4. The molecule has 0 atom stereocenters. The highest BCUT2D eigenvalue weighted by Crippen LogP contribution is 2.31. The average molecular weight is 366 g/mol. The molecule has 0 spiro atoms. The Morgan fingerprint density at radius 2 is 1.88 bits per heavy atom. The minimum atomic E-state index is -4.72. The molecule has 2 amide bonds. The van der Waals surface area contributed by atoms with E-state index in [1.165, 1.54) is 43.0 Å². The highest BCUT2D eigenvalue weighted by atomic mass is 19.4. The Morgan fingerprint density at radius 3 is 2.46 bits per heavy atom. The van der Waals surface area contributed by atoms with Gasteiger partial charge in [-0.2, -0.15) is 18.3 Å². The van der Waals surface area contributed by atoms with Gasteiger partial charge in [0.15, 0.2) is 0 Å². The van der Waals surface area contributed by atoms with Crippen LogP contribution in [0.3, 0.4) is 0 Å². The summed E-state index contributed by atoms with van der Waals surface area (Å²) in [6.45, 7) is 0. The summed E-state index contributed by atoms with van der Waals surface area (Å²) in [5.41, 5.74) is 0.250. The number of carbonyl (C=O) groups excluding carboxylic acids is 2. The van der Waals surface area contributed by atoms with Gasteiger partial charge >= 0.3 is 6.18 Å². The van der Waals surface area contributed by atoms with Crippen molar-refractivity contribution in [2.75, 3.05) is 7.05 Å². The zero-order chi connectivity index (χ0) is 19.3. The van der Waals surface area contributed by atoms with Crippen LogP contribution in [-0.4, -0.2) is 40.3 Å². The number of nitrogens with zero attached hydrogens (tertiary/aromatic N) is 3. The first-order valence-electron chi connectivity index (χ1n) is 7.13. The van der Waals surface area contributed by atoms with Crippen molar-refractivity contribution in [3.8, 4) is 0 Å². The molecule has 0 unspecified atom stereocenters. The third kappa shape index (κ3) is 4.42. The lowest BCUT2D eigenvalue weighted by Gasteiger charge is -2.14. The summed E-state index contributed by atoms with van der Waals surface area (Å²) in [6.07, 6.45) is -2.40. The number of hydrazone groups is 1. The van der Waals surface area contributed by atoms with Crippen LogP contribution in [-0.2, 0) is 6.18 Å². The fourth-order valence-corrected chi connectivity index (χ4v) is 1.95. The first-order valence-corrected chi connectivity index (χ1v) is 7.13. The summed E-state index contributed by atoms with van der Waals surface area (Å²) in [4.78, 5) is 26.9. The van der Waals surface area contributed by atoms with Crippen molar-refractivity contribution in [2.24, 2.45) is 5.10 Å². The zero-order valence-electron chi connectivity index (χ0n) is 13.4. The van der Waals surface area contributed by atoms with Crippen molar-refractivity contribution >= 4 is 18.0 Å². The number of hydroxylamine groups is 1. The molecule has 7 nitrogen and oxygen atoms in total. The maximum Gasteiger partial charge on any atom is 0.418 e. The Morgan fingerprint density at radius 1 is 1.23 bits per heavy atom. The maximum absolute atomic E-state index is 13.0. The largest absolute Gasteiger partial charge is 0.418 e. The summed E-state index contributed by atoms with van der Waals surface area (Å²) in [5.74, 6) is -1.72. The van der Waals surface area contributed by atoms with E-state index in [0.29, 0.717) is 5.56 Å². The van der Waals surface area contributed by atoms with Crippen molar-refractivity contribution in [3.05, 3.63) is 65.0 Å². The Labute approximate surface area is 145 Å². The van der Waals surface area contributed by atoms with Gasteiger partial charge in [-0.3, -0.25) is 19.8 Å². The molecule has 10 heteroatoms. The van der Waals surface area contributed by atoms with Gasteiger partial charge in [-0.05, 0) is 29.8 Å². The van der Waals surface area contributed by atoms with Gasteiger partial charge in [0.05, 0.1) is 11.8 Å². The minimum absolute atomic E-state index is 0.192. The van der Waals surface area contributed by atoms with Gasteiger partial charge in [-0.1, -0.05) is 12.1 Å². The molecule has 0 bridgehead atoms. The lowest BCUT2D eigenvalue weighted by molar-refractivity contribution is -0.138. The summed E-state index contributed by atoms with van der Waals surface area (Å²) in [7, 11) is 1.20. The average Bonchev–Trinajstić information content (AvgIpc) is 2.64. The lowest BCUT2D eigenvalue weighted by Crippen LogP contribution is -2.26. The quantitative estimate of drug-likeness (QED) is 0.493. The first kappa shape index (κ1) is 19.1. The Hall–Kier alpha value is -3.27. The van der Waals surface area contributed by atoms with Crippen LogP contribution in [0.15, 0.2) is 47.7 Å². The van der Waals surface area contributed by atoms with Gasteiger partial charge in [0.2, 0.25) is 0 Å². The molecule has 0 fully saturated rings. The first-order chi connectivity index (χ1) is 12.2. The molecule has 136 valence electrons. The van der Waals surface area contributed by atoms with E-state index in [9.17, 15) is 22.8 Å². The number of aromatic nitrogens is 1. The summed E-state index contributed by atoms with van der Waals surface area (Å²) in [6, 6.07) is 7.61. The van der Waals surface area contributed by atoms with Crippen molar-refractivity contribution in [1.29, 1.82) is 0 Å². The maximum atomic E-state index is 13.0. The number of pyridine rings is 1. The number of amides is 2. The normalized spacial score (nSPS) is 11.4. The summed E-state index contributed by atoms with van der Waals surface area (Å²) < 4.78 is 38.9. The fourth-order valence-electron chi connectivity index (χ4n) is 1.95. The molecule has 2 N–H and O–H groups in total. The van der Waals surface area contributed by atoms with E-state index in [2.05, 4.69) is 10.1 Å². The molecular weight excluding hydrogens is 353 g/mol. The van der Waals surface area contributed by atoms with Crippen LogP contribution in [0.5, 0.6) is 0 Å². The van der Waals surface area contributed by atoms with Gasteiger partial charge in [0.1, 0.15) is 5.69 Å². The van der Waals surface area contributed by atoms with Crippen LogP contribution in [0.1, 0.15) is 32.0 Å². The third-order valence-corrected chi connectivity index (χ3v) is 3.26. The van der Waals surface area contributed by atoms with E-state index in [0.717, 1.165) is 23.3 Å². The van der Waals surface area contributed by atoms with Crippen molar-refractivity contribution in [3.63, 3.8) is 0 Å². The Kier molecular flexibility index (Phi) is 5.68. The third-order valence-electron chi connectivity index (χ3n) is 3.26. The molecule has 2 rings (SSSR count). The molecule has 1 aromatic heterocycles. The highest BCUT2D eigenvalue weighted by Gasteiger charge is 2.36. The molecule has 0 saturated heterocycles. The molecule has 1 heterocycles. The van der Waals surface area contributed by atoms with Crippen molar-refractivity contribution < 1.29 is 28.0 Å². The summed E-state index contributed by atoms with van der Waals surface area (Å²) >= 11 is 0. The number of hydrogen-bond donors (Lipinski definition) is 2. The van der Waals surface area contributed by atoms with Crippen LogP contribution >= 0.6 is 0 Å². The molecule has 1 aromatic carbocycles. The van der Waals surface area contributed by atoms with Crippen LogP contribution < -0.4 is 5.48 Å². The van der Waals surface area contributed by atoms with Crippen LogP contribution in [0.2, 0.25) is 0 Å². The Balaban J connectivity index is 2.17. The van der Waals surface area contributed by atoms with Gasteiger partial charge in [0.25, 0.3) is 11.8 Å². The number of hydrogen-bond acceptors (Lipinski definition) is 5. The summed E-state index contributed by atoms with van der Waals surface area (Å²) in [5, 5.41) is 13.0. The Bertz CT molecular complexity index is 835. The number of halogens is 3. The van der Waals surface area contributed by atoms with Crippen LogP contribution in [0.25, 0.3) is 0 Å². The zero-order valence-corrected chi connectivity index (χ0v) is 13.4. The number of alkyl halides is 3. The minimum Gasteiger partial charge on any atom is -0.288 e. The SMILES string of the molecule is CN(N=Cc1ccc(C(=O)NO)cc1)C(=O)c1ncccc1C(F)(F)F. The molecule has 0 saturated carbocycles. The van der Waals surface area contributed by atoms with Crippen molar-refractivity contribution in [1.82, 2.24) is 15.5 Å². The van der Waals surface area contributed by atoms with E-state index in [-0.39, 0.29) is 5.56 Å². The van der Waals surface area contributed by atoms with E-state index in [1.807, 2.05) is 0 Å². The predicted octanol–water partition coefficient (Wildman–Crippen LogP) is 2.33. The van der Waals surface area contributed by atoms with Crippen LogP contribution in [0.4, 0.5) is 13.2 Å². The predicted molar refractivity (Wildman–Crippen MR) is 84.6 cm³/mol. The second-order valence-corrected chi connectivity index (χ2v) is 5.03. The van der Waals surface area contributed by atoms with E-state index in [1.54, 1.807) is 0 Å². The molecule has 0 aliphatic carbocycles. The number of benzene rings is 1. The smallest absolute Gasteiger partial charge is 0.288 e. The van der Waals surface area contributed by atoms with E-state index < -0.39 is 29.2 Å². The van der Waals surface area contributed by atoms with E-state index in [4.69, 9.17) is 5.21 Å². The molecule has 0 aliphatic heterocycles. The monoisotopic (exact) mass is 366 g/mol. The van der Waals surface area contributed by atoms with Gasteiger partial charge in [0, 0.05) is 18.8 Å². The fraction of sp³-hybridized carbons (Fsp3) is 0.125.